The first-order chi connectivity index (χ1) is 6.61. The molecule has 0 bridgehead atoms. The lowest BCUT2D eigenvalue weighted by Gasteiger charge is -2.05. The van der Waals surface area contributed by atoms with Gasteiger partial charge in [-0.05, 0) is 18.6 Å². The van der Waals surface area contributed by atoms with E-state index in [1.165, 1.54) is 11.3 Å². The number of halogens is 1. The number of Topliss-reactive ketones (excluding diaryl/α,β-unsaturated/α-hetero) is 1. The number of thiophene rings is 1. The molecular weight excluding hydrogens is 218 g/mol. The fourth-order valence-corrected chi connectivity index (χ4v) is 2.27. The third-order valence-corrected chi connectivity index (χ3v) is 3.25. The van der Waals surface area contributed by atoms with Crippen molar-refractivity contribution in [3.63, 3.8) is 0 Å². The van der Waals surface area contributed by atoms with E-state index in [9.17, 15) is 4.79 Å². The van der Waals surface area contributed by atoms with Crippen LogP contribution >= 0.6 is 22.9 Å². The molecule has 0 spiro atoms. The van der Waals surface area contributed by atoms with Gasteiger partial charge in [0.1, 0.15) is 5.78 Å². The Morgan fingerprint density at radius 1 is 1.64 bits per heavy atom. The Morgan fingerprint density at radius 2 is 2.36 bits per heavy atom. The minimum Gasteiger partial charge on any atom is -0.327 e. The van der Waals surface area contributed by atoms with Crippen LogP contribution in [0.1, 0.15) is 24.6 Å². The van der Waals surface area contributed by atoms with Gasteiger partial charge in [-0.2, -0.15) is 0 Å². The fourth-order valence-electron chi connectivity index (χ4n) is 1.15. The molecule has 1 unspecified atom stereocenters. The van der Waals surface area contributed by atoms with Gasteiger partial charge in [0.15, 0.2) is 0 Å². The van der Waals surface area contributed by atoms with Gasteiger partial charge in [0.2, 0.25) is 0 Å². The predicted octanol–water partition coefficient (Wildman–Crippen LogP) is 2.64. The van der Waals surface area contributed by atoms with E-state index in [1.807, 2.05) is 19.1 Å². The molecule has 1 aromatic heterocycles. The first-order valence-electron chi connectivity index (χ1n) is 4.63. The normalized spacial score (nSPS) is 12.8. The first-order valence-corrected chi connectivity index (χ1v) is 5.82. The molecule has 1 rings (SSSR count). The Kier molecular flexibility index (Phi) is 4.58. The Hall–Kier alpha value is -0.380. The molecule has 4 heteroatoms. The average Bonchev–Trinajstić information content (AvgIpc) is 2.50. The van der Waals surface area contributed by atoms with Crippen LogP contribution in [0.3, 0.4) is 0 Å². The highest BCUT2D eigenvalue weighted by Crippen LogP contribution is 2.22. The Labute approximate surface area is 93.1 Å². The van der Waals surface area contributed by atoms with Gasteiger partial charge in [0, 0.05) is 23.8 Å². The number of carbonyl (C=O) groups excluding carboxylic acids is 1. The number of hydrogen-bond acceptors (Lipinski definition) is 3. The van der Waals surface area contributed by atoms with Gasteiger partial charge in [-0.25, -0.2) is 0 Å². The molecule has 0 radical (unpaired) electrons. The minimum absolute atomic E-state index is 0.00191. The quantitative estimate of drug-likeness (QED) is 0.847. The van der Waals surface area contributed by atoms with Gasteiger partial charge in [-0.1, -0.05) is 18.5 Å². The average molecular weight is 232 g/mol. The predicted molar refractivity (Wildman–Crippen MR) is 60.9 cm³/mol. The van der Waals surface area contributed by atoms with Crippen molar-refractivity contribution in [2.75, 3.05) is 0 Å². The Bertz CT molecular complexity index is 311. The zero-order chi connectivity index (χ0) is 10.6. The monoisotopic (exact) mass is 231 g/mol. The smallest absolute Gasteiger partial charge is 0.139 e. The summed E-state index contributed by atoms with van der Waals surface area (Å²) in [5.74, 6) is 0.192. The lowest BCUT2D eigenvalue weighted by Crippen LogP contribution is -2.23. The zero-order valence-corrected chi connectivity index (χ0v) is 9.70. The van der Waals surface area contributed by atoms with Crippen molar-refractivity contribution in [1.82, 2.24) is 0 Å². The summed E-state index contributed by atoms with van der Waals surface area (Å²) in [5.41, 5.74) is 5.69. The number of nitrogens with two attached hydrogens (primary N) is 1. The van der Waals surface area contributed by atoms with Gasteiger partial charge in [-0.3, -0.25) is 4.79 Å². The van der Waals surface area contributed by atoms with E-state index < -0.39 is 0 Å². The second-order valence-corrected chi connectivity index (χ2v) is 5.09. The second kappa shape index (κ2) is 5.49. The van der Waals surface area contributed by atoms with Crippen LogP contribution in [0.5, 0.6) is 0 Å². The number of carbonyl (C=O) groups is 1. The molecule has 0 amide bonds. The zero-order valence-electron chi connectivity index (χ0n) is 8.13. The van der Waals surface area contributed by atoms with Gasteiger partial charge in [0.25, 0.3) is 0 Å². The van der Waals surface area contributed by atoms with Crippen molar-refractivity contribution in [3.05, 3.63) is 21.3 Å². The van der Waals surface area contributed by atoms with Crippen LogP contribution in [-0.2, 0) is 11.2 Å². The minimum atomic E-state index is -0.00191. The van der Waals surface area contributed by atoms with Crippen LogP contribution < -0.4 is 5.73 Å². The van der Waals surface area contributed by atoms with Crippen LogP contribution in [0, 0.1) is 0 Å². The van der Waals surface area contributed by atoms with Crippen molar-refractivity contribution >= 4 is 28.7 Å². The summed E-state index contributed by atoms with van der Waals surface area (Å²) in [6, 6.07) is 3.70. The SMILES string of the molecule is CCC(N)CC(=O)Cc1ccc(Cl)s1. The molecule has 0 saturated heterocycles. The summed E-state index contributed by atoms with van der Waals surface area (Å²) in [5, 5.41) is 0. The van der Waals surface area contributed by atoms with E-state index in [2.05, 4.69) is 0 Å². The summed E-state index contributed by atoms with van der Waals surface area (Å²) in [6.45, 7) is 1.99. The van der Waals surface area contributed by atoms with Crippen LogP contribution in [0.2, 0.25) is 4.34 Å². The molecule has 0 aliphatic heterocycles. The molecule has 0 fully saturated rings. The number of ketones is 1. The molecule has 2 nitrogen and oxygen atoms in total. The molecule has 0 aromatic carbocycles. The number of rotatable bonds is 5. The van der Waals surface area contributed by atoms with Crippen molar-refractivity contribution in [3.8, 4) is 0 Å². The van der Waals surface area contributed by atoms with E-state index in [1.54, 1.807) is 0 Å². The van der Waals surface area contributed by atoms with E-state index in [-0.39, 0.29) is 11.8 Å². The third-order valence-electron chi connectivity index (χ3n) is 2.01. The molecule has 78 valence electrons. The van der Waals surface area contributed by atoms with Crippen molar-refractivity contribution in [1.29, 1.82) is 0 Å². The van der Waals surface area contributed by atoms with E-state index in [4.69, 9.17) is 17.3 Å². The van der Waals surface area contributed by atoms with E-state index in [0.717, 1.165) is 15.6 Å². The Balaban J connectivity index is 2.41. The van der Waals surface area contributed by atoms with Gasteiger partial charge < -0.3 is 5.73 Å². The molecule has 14 heavy (non-hydrogen) atoms. The highest BCUT2D eigenvalue weighted by atomic mass is 35.5. The number of hydrogen-bond donors (Lipinski definition) is 1. The largest absolute Gasteiger partial charge is 0.327 e. The van der Waals surface area contributed by atoms with Gasteiger partial charge in [-0.15, -0.1) is 11.3 Å². The van der Waals surface area contributed by atoms with E-state index in [0.29, 0.717) is 12.8 Å². The van der Waals surface area contributed by atoms with Crippen molar-refractivity contribution in [2.45, 2.75) is 32.2 Å². The van der Waals surface area contributed by atoms with Crippen LogP contribution in [0.4, 0.5) is 0 Å². The maximum absolute atomic E-state index is 11.5. The molecule has 2 N–H and O–H groups in total. The Morgan fingerprint density at radius 3 is 2.86 bits per heavy atom. The lowest BCUT2D eigenvalue weighted by molar-refractivity contribution is -0.118. The topological polar surface area (TPSA) is 43.1 Å². The molecule has 1 atom stereocenters. The molecule has 0 aliphatic carbocycles. The molecule has 1 aromatic rings. The lowest BCUT2D eigenvalue weighted by atomic mass is 10.1. The van der Waals surface area contributed by atoms with Crippen LogP contribution in [-0.4, -0.2) is 11.8 Å². The summed E-state index contributed by atoms with van der Waals surface area (Å²) in [4.78, 5) is 12.5. The van der Waals surface area contributed by atoms with Gasteiger partial charge in [0.05, 0.1) is 4.34 Å². The van der Waals surface area contributed by atoms with Crippen LogP contribution in [0.25, 0.3) is 0 Å². The summed E-state index contributed by atoms with van der Waals surface area (Å²) in [6.07, 6.45) is 1.77. The maximum Gasteiger partial charge on any atom is 0.139 e. The molecule has 1 heterocycles. The van der Waals surface area contributed by atoms with Crippen molar-refractivity contribution in [2.24, 2.45) is 5.73 Å². The fraction of sp³-hybridized carbons (Fsp3) is 0.500. The summed E-state index contributed by atoms with van der Waals surface area (Å²) in [7, 11) is 0. The van der Waals surface area contributed by atoms with E-state index >= 15 is 0 Å². The highest BCUT2D eigenvalue weighted by Gasteiger charge is 2.09. The maximum atomic E-state index is 11.5. The molecule has 0 aliphatic rings. The van der Waals surface area contributed by atoms with Crippen LogP contribution in [0.15, 0.2) is 12.1 Å². The van der Waals surface area contributed by atoms with Crippen molar-refractivity contribution < 1.29 is 4.79 Å². The van der Waals surface area contributed by atoms with Gasteiger partial charge >= 0.3 is 0 Å². The standard InChI is InChI=1S/C10H14ClNOS/c1-2-7(12)5-8(13)6-9-3-4-10(11)14-9/h3-4,7H,2,5-6,12H2,1H3. The third kappa shape index (κ3) is 3.78. The summed E-state index contributed by atoms with van der Waals surface area (Å²) >= 11 is 7.21. The molecule has 0 saturated carbocycles. The molecular formula is C10H14ClNOS. The first kappa shape index (κ1) is 11.7. The second-order valence-electron chi connectivity index (χ2n) is 3.29. The highest BCUT2D eigenvalue weighted by molar-refractivity contribution is 7.16. The summed E-state index contributed by atoms with van der Waals surface area (Å²) < 4.78 is 0.729.